The van der Waals surface area contributed by atoms with E-state index in [4.69, 9.17) is 4.74 Å². The van der Waals surface area contributed by atoms with E-state index in [9.17, 15) is 18.0 Å². The maximum absolute atomic E-state index is 12.3. The average Bonchev–Trinajstić information content (AvgIpc) is 2.16. The molecular weight excluding hydrogens is 225 g/mol. The summed E-state index contributed by atoms with van der Waals surface area (Å²) < 4.78 is 41.7. The Kier molecular flexibility index (Phi) is 3.46. The number of halogens is 3. The van der Waals surface area contributed by atoms with Crippen LogP contribution >= 0.6 is 0 Å². The molecule has 0 bridgehead atoms. The minimum atomic E-state index is -4.65. The molecule has 0 aliphatic heterocycles. The third-order valence-electron chi connectivity index (χ3n) is 1.67. The van der Waals surface area contributed by atoms with E-state index < -0.39 is 17.8 Å². The minimum absolute atomic E-state index is 0.0603. The van der Waals surface area contributed by atoms with Gasteiger partial charge in [0.15, 0.2) is 5.78 Å². The Bertz CT molecular complexity index is 404. The fraction of sp³-hybridized carbons (Fsp3) is 0.444. The third kappa shape index (κ3) is 2.68. The van der Waals surface area contributed by atoms with Crippen LogP contribution < -0.4 is 4.74 Å². The molecule has 1 aromatic rings. The van der Waals surface area contributed by atoms with Crippen molar-refractivity contribution >= 4 is 5.78 Å². The van der Waals surface area contributed by atoms with Crippen molar-refractivity contribution in [2.24, 2.45) is 0 Å². The Morgan fingerprint density at radius 1 is 1.50 bits per heavy atom. The Hall–Kier alpha value is -1.66. The predicted octanol–water partition coefficient (Wildman–Crippen LogP) is 2.10. The molecule has 0 saturated carbocycles. The van der Waals surface area contributed by atoms with Gasteiger partial charge in [-0.05, 0) is 13.8 Å². The number of carbonyl (C=O) groups is 1. The summed E-state index contributed by atoms with van der Waals surface area (Å²) in [5, 5.41) is 0. The largest absolute Gasteiger partial charge is 0.477 e. The maximum atomic E-state index is 12.3. The van der Waals surface area contributed by atoms with Crippen molar-refractivity contribution in [3.05, 3.63) is 17.6 Å². The molecule has 0 spiro atoms. The lowest BCUT2D eigenvalue weighted by Gasteiger charge is -2.09. The average molecular weight is 234 g/mol. The number of ketones is 1. The summed E-state index contributed by atoms with van der Waals surface area (Å²) in [5.41, 5.74) is -0.0603. The molecule has 0 atom stereocenters. The standard InChI is InChI=1S/C9H9F3N2O2/c1-3-16-7-6(5(2)15)4-13-8(14-7)9(10,11)12/h4H,3H2,1-2H3. The molecule has 1 rings (SSSR count). The van der Waals surface area contributed by atoms with Crippen LogP contribution in [0.25, 0.3) is 0 Å². The zero-order valence-corrected chi connectivity index (χ0v) is 8.63. The third-order valence-corrected chi connectivity index (χ3v) is 1.67. The molecule has 0 amide bonds. The summed E-state index contributed by atoms with van der Waals surface area (Å²) in [7, 11) is 0. The minimum Gasteiger partial charge on any atom is -0.477 e. The number of hydrogen-bond acceptors (Lipinski definition) is 4. The first-order chi connectivity index (χ1) is 7.36. The van der Waals surface area contributed by atoms with Gasteiger partial charge in [0, 0.05) is 6.20 Å². The highest BCUT2D eigenvalue weighted by Gasteiger charge is 2.35. The number of Topliss-reactive ketones (excluding diaryl/α,β-unsaturated/α-hetero) is 1. The van der Waals surface area contributed by atoms with E-state index in [2.05, 4.69) is 9.97 Å². The second-order valence-corrected chi connectivity index (χ2v) is 2.90. The predicted molar refractivity (Wildman–Crippen MR) is 48.2 cm³/mol. The Morgan fingerprint density at radius 3 is 2.56 bits per heavy atom. The zero-order valence-electron chi connectivity index (χ0n) is 8.63. The molecule has 0 aliphatic rings. The lowest BCUT2D eigenvalue weighted by atomic mass is 10.2. The van der Waals surface area contributed by atoms with Gasteiger partial charge in [0.1, 0.15) is 0 Å². The van der Waals surface area contributed by atoms with Crippen LogP contribution in [0.2, 0.25) is 0 Å². The lowest BCUT2D eigenvalue weighted by Crippen LogP contribution is -2.14. The molecule has 88 valence electrons. The van der Waals surface area contributed by atoms with E-state index in [0.717, 1.165) is 6.20 Å². The number of hydrogen-bond donors (Lipinski definition) is 0. The number of alkyl halides is 3. The number of carbonyl (C=O) groups excluding carboxylic acids is 1. The van der Waals surface area contributed by atoms with Gasteiger partial charge < -0.3 is 4.74 Å². The summed E-state index contributed by atoms with van der Waals surface area (Å²) >= 11 is 0. The molecule has 0 saturated heterocycles. The first kappa shape index (κ1) is 12.4. The van der Waals surface area contributed by atoms with Gasteiger partial charge in [-0.1, -0.05) is 0 Å². The second-order valence-electron chi connectivity index (χ2n) is 2.90. The number of nitrogens with zero attached hydrogens (tertiary/aromatic N) is 2. The van der Waals surface area contributed by atoms with E-state index in [0.29, 0.717) is 0 Å². The molecule has 1 aromatic heterocycles. The van der Waals surface area contributed by atoms with Gasteiger partial charge in [-0.2, -0.15) is 18.2 Å². The Morgan fingerprint density at radius 2 is 2.12 bits per heavy atom. The van der Waals surface area contributed by atoms with Crippen molar-refractivity contribution in [1.82, 2.24) is 9.97 Å². The van der Waals surface area contributed by atoms with E-state index in [1.165, 1.54) is 6.92 Å². The van der Waals surface area contributed by atoms with Crippen LogP contribution in [0.5, 0.6) is 5.88 Å². The number of ether oxygens (including phenoxy) is 1. The SMILES string of the molecule is CCOc1nc(C(F)(F)F)ncc1C(C)=O. The molecule has 16 heavy (non-hydrogen) atoms. The molecule has 4 nitrogen and oxygen atoms in total. The topological polar surface area (TPSA) is 52.1 Å². The number of aromatic nitrogens is 2. The van der Waals surface area contributed by atoms with Gasteiger partial charge in [-0.3, -0.25) is 4.79 Å². The highest BCUT2D eigenvalue weighted by Crippen LogP contribution is 2.28. The van der Waals surface area contributed by atoms with Crippen molar-refractivity contribution in [1.29, 1.82) is 0 Å². The van der Waals surface area contributed by atoms with Gasteiger partial charge in [-0.15, -0.1) is 0 Å². The van der Waals surface area contributed by atoms with Crippen LogP contribution in [-0.2, 0) is 6.18 Å². The van der Waals surface area contributed by atoms with Crippen molar-refractivity contribution < 1.29 is 22.7 Å². The molecule has 0 radical (unpaired) electrons. The van der Waals surface area contributed by atoms with Crippen molar-refractivity contribution in [3.63, 3.8) is 0 Å². The van der Waals surface area contributed by atoms with Gasteiger partial charge in [0.25, 0.3) is 0 Å². The Balaban J connectivity index is 3.22. The van der Waals surface area contributed by atoms with Gasteiger partial charge >= 0.3 is 6.18 Å². The van der Waals surface area contributed by atoms with Gasteiger partial charge in [-0.25, -0.2) is 4.98 Å². The molecule has 0 N–H and O–H groups in total. The van der Waals surface area contributed by atoms with E-state index >= 15 is 0 Å². The molecule has 0 aliphatic carbocycles. The monoisotopic (exact) mass is 234 g/mol. The van der Waals surface area contributed by atoms with E-state index in [1.807, 2.05) is 0 Å². The molecular formula is C9H9F3N2O2. The van der Waals surface area contributed by atoms with Crippen molar-refractivity contribution in [2.45, 2.75) is 20.0 Å². The van der Waals surface area contributed by atoms with Crippen LogP contribution in [0.1, 0.15) is 30.0 Å². The van der Waals surface area contributed by atoms with Gasteiger partial charge in [0.2, 0.25) is 11.7 Å². The maximum Gasteiger partial charge on any atom is 0.451 e. The van der Waals surface area contributed by atoms with Crippen LogP contribution in [0, 0.1) is 0 Å². The van der Waals surface area contributed by atoms with E-state index in [1.54, 1.807) is 6.92 Å². The highest BCUT2D eigenvalue weighted by molar-refractivity contribution is 5.95. The molecule has 0 fully saturated rings. The van der Waals surface area contributed by atoms with Crippen LogP contribution in [-0.4, -0.2) is 22.4 Å². The van der Waals surface area contributed by atoms with Crippen LogP contribution in [0.15, 0.2) is 6.20 Å². The lowest BCUT2D eigenvalue weighted by molar-refractivity contribution is -0.145. The highest BCUT2D eigenvalue weighted by atomic mass is 19.4. The molecule has 0 aromatic carbocycles. The van der Waals surface area contributed by atoms with E-state index in [-0.39, 0.29) is 18.1 Å². The Labute approximate surface area is 89.5 Å². The zero-order chi connectivity index (χ0) is 12.3. The summed E-state index contributed by atoms with van der Waals surface area (Å²) in [6, 6.07) is 0. The summed E-state index contributed by atoms with van der Waals surface area (Å²) in [6.07, 6.45) is -3.83. The molecule has 7 heteroatoms. The van der Waals surface area contributed by atoms with Crippen molar-refractivity contribution in [2.75, 3.05) is 6.61 Å². The van der Waals surface area contributed by atoms with Crippen LogP contribution in [0.4, 0.5) is 13.2 Å². The second kappa shape index (κ2) is 4.46. The first-order valence-electron chi connectivity index (χ1n) is 4.44. The van der Waals surface area contributed by atoms with Crippen molar-refractivity contribution in [3.8, 4) is 5.88 Å². The normalized spacial score (nSPS) is 11.3. The molecule has 0 unspecified atom stereocenters. The van der Waals surface area contributed by atoms with Gasteiger partial charge in [0.05, 0.1) is 12.2 Å². The quantitative estimate of drug-likeness (QED) is 0.751. The molecule has 1 heterocycles. The fourth-order valence-electron chi connectivity index (χ4n) is 0.991. The summed E-state index contributed by atoms with van der Waals surface area (Å²) in [6.45, 7) is 2.91. The first-order valence-corrected chi connectivity index (χ1v) is 4.44. The van der Waals surface area contributed by atoms with Crippen LogP contribution in [0.3, 0.4) is 0 Å². The fourth-order valence-corrected chi connectivity index (χ4v) is 0.991. The smallest absolute Gasteiger partial charge is 0.451 e. The summed E-state index contributed by atoms with van der Waals surface area (Å²) in [5.74, 6) is -2.10. The summed E-state index contributed by atoms with van der Waals surface area (Å²) in [4.78, 5) is 17.3. The number of rotatable bonds is 3.